The van der Waals surface area contributed by atoms with Crippen LogP contribution in [-0.4, -0.2) is 32.9 Å². The van der Waals surface area contributed by atoms with Crippen molar-refractivity contribution in [1.82, 2.24) is 0 Å². The maximum atomic E-state index is 13.4. The number of hydrogen-bond donors (Lipinski definition) is 0. The van der Waals surface area contributed by atoms with Crippen LogP contribution in [-0.2, 0) is 14.3 Å². The Morgan fingerprint density at radius 1 is 1.50 bits per heavy atom. The SMILES string of the molecule is CCS(=O)(=O)O[C@@H]1COc2c(cc(F)cc2C(C)=O)O1. The molecule has 1 aliphatic heterocycles. The van der Waals surface area contributed by atoms with Crippen LogP contribution in [0.4, 0.5) is 4.39 Å². The molecule has 20 heavy (non-hydrogen) atoms. The highest BCUT2D eigenvalue weighted by atomic mass is 32.2. The van der Waals surface area contributed by atoms with Gasteiger partial charge in [0, 0.05) is 6.07 Å². The number of ether oxygens (including phenoxy) is 2. The molecule has 2 rings (SSSR count). The predicted octanol–water partition coefficient (Wildman–Crippen LogP) is 1.49. The number of Topliss-reactive ketones (excluding diaryl/α,β-unsaturated/α-hetero) is 1. The van der Waals surface area contributed by atoms with Crippen LogP contribution in [0.1, 0.15) is 24.2 Å². The van der Waals surface area contributed by atoms with Gasteiger partial charge < -0.3 is 9.47 Å². The summed E-state index contributed by atoms with van der Waals surface area (Å²) in [6, 6.07) is 2.05. The molecule has 0 bridgehead atoms. The summed E-state index contributed by atoms with van der Waals surface area (Å²) >= 11 is 0. The molecule has 1 aromatic rings. The van der Waals surface area contributed by atoms with Gasteiger partial charge in [0.1, 0.15) is 5.82 Å². The van der Waals surface area contributed by atoms with Crippen molar-refractivity contribution < 1.29 is 31.3 Å². The summed E-state index contributed by atoms with van der Waals surface area (Å²) in [5.41, 5.74) is 0.0387. The van der Waals surface area contributed by atoms with Crippen LogP contribution in [0.15, 0.2) is 12.1 Å². The van der Waals surface area contributed by atoms with Crippen LogP contribution >= 0.6 is 0 Å². The summed E-state index contributed by atoms with van der Waals surface area (Å²) in [6.45, 7) is 2.47. The van der Waals surface area contributed by atoms with E-state index >= 15 is 0 Å². The summed E-state index contributed by atoms with van der Waals surface area (Å²) in [5, 5.41) is 0. The lowest BCUT2D eigenvalue weighted by Crippen LogP contribution is -2.34. The van der Waals surface area contributed by atoms with Crippen molar-refractivity contribution in [3.63, 3.8) is 0 Å². The predicted molar refractivity (Wildman–Crippen MR) is 66.9 cm³/mol. The fourth-order valence-electron chi connectivity index (χ4n) is 1.67. The molecule has 0 saturated carbocycles. The third kappa shape index (κ3) is 3.07. The zero-order chi connectivity index (χ0) is 14.9. The maximum Gasteiger partial charge on any atom is 0.270 e. The lowest BCUT2D eigenvalue weighted by Gasteiger charge is -2.26. The van der Waals surface area contributed by atoms with Crippen LogP contribution in [0, 0.1) is 5.82 Å². The Hall–Kier alpha value is -1.67. The van der Waals surface area contributed by atoms with Crippen LogP contribution in [0.25, 0.3) is 0 Å². The number of fused-ring (bicyclic) bond motifs is 1. The van der Waals surface area contributed by atoms with Gasteiger partial charge in [-0.25, -0.2) is 8.57 Å². The van der Waals surface area contributed by atoms with E-state index in [2.05, 4.69) is 0 Å². The Labute approximate surface area is 115 Å². The third-order valence-corrected chi connectivity index (χ3v) is 3.84. The quantitative estimate of drug-likeness (QED) is 0.619. The fraction of sp³-hybridized carbons (Fsp3) is 0.417. The van der Waals surface area contributed by atoms with E-state index in [1.54, 1.807) is 0 Å². The fourth-order valence-corrected chi connectivity index (χ4v) is 2.23. The number of carbonyl (C=O) groups is 1. The minimum absolute atomic E-state index is 0.0387. The first kappa shape index (κ1) is 14.7. The molecule has 110 valence electrons. The van der Waals surface area contributed by atoms with Gasteiger partial charge in [-0.15, -0.1) is 0 Å². The lowest BCUT2D eigenvalue weighted by molar-refractivity contribution is -0.0442. The van der Waals surface area contributed by atoms with E-state index in [-0.39, 0.29) is 35.2 Å². The van der Waals surface area contributed by atoms with Gasteiger partial charge in [0.05, 0.1) is 11.3 Å². The van der Waals surface area contributed by atoms with E-state index < -0.39 is 22.2 Å². The average Bonchev–Trinajstić information content (AvgIpc) is 2.36. The molecule has 0 amide bonds. The number of rotatable bonds is 4. The third-order valence-electron chi connectivity index (χ3n) is 2.63. The van der Waals surface area contributed by atoms with Gasteiger partial charge >= 0.3 is 0 Å². The average molecular weight is 304 g/mol. The first-order chi connectivity index (χ1) is 9.32. The molecule has 0 aromatic heterocycles. The highest BCUT2D eigenvalue weighted by molar-refractivity contribution is 7.86. The highest BCUT2D eigenvalue weighted by Gasteiger charge is 2.29. The summed E-state index contributed by atoms with van der Waals surface area (Å²) in [5.74, 6) is -1.26. The van der Waals surface area contributed by atoms with E-state index in [0.717, 1.165) is 12.1 Å². The van der Waals surface area contributed by atoms with Crippen LogP contribution < -0.4 is 9.47 Å². The second kappa shape index (κ2) is 5.37. The van der Waals surface area contributed by atoms with E-state index in [9.17, 15) is 17.6 Å². The van der Waals surface area contributed by atoms with Crippen molar-refractivity contribution >= 4 is 15.9 Å². The first-order valence-electron chi connectivity index (χ1n) is 5.87. The minimum atomic E-state index is -3.72. The van der Waals surface area contributed by atoms with Crippen molar-refractivity contribution in [2.75, 3.05) is 12.4 Å². The summed E-state index contributed by atoms with van der Waals surface area (Å²) in [6.07, 6.45) is -1.20. The van der Waals surface area contributed by atoms with E-state index in [1.807, 2.05) is 0 Å². The number of carbonyl (C=O) groups excluding carboxylic acids is 1. The largest absolute Gasteiger partial charge is 0.482 e. The summed E-state index contributed by atoms with van der Waals surface area (Å²) in [4.78, 5) is 11.4. The number of benzene rings is 1. The molecule has 8 heteroatoms. The van der Waals surface area contributed by atoms with Crippen LogP contribution in [0.2, 0.25) is 0 Å². The number of halogens is 1. The van der Waals surface area contributed by atoms with Crippen molar-refractivity contribution in [2.24, 2.45) is 0 Å². The topological polar surface area (TPSA) is 78.9 Å². The zero-order valence-corrected chi connectivity index (χ0v) is 11.7. The maximum absolute atomic E-state index is 13.4. The number of hydrogen-bond acceptors (Lipinski definition) is 6. The molecular weight excluding hydrogens is 291 g/mol. The molecule has 0 radical (unpaired) electrons. The molecular formula is C12H13FO6S. The van der Waals surface area contributed by atoms with Gasteiger partial charge in [0.25, 0.3) is 16.4 Å². The molecule has 0 unspecified atom stereocenters. The van der Waals surface area contributed by atoms with Gasteiger partial charge in [-0.3, -0.25) is 4.79 Å². The molecule has 0 N–H and O–H groups in total. The standard InChI is InChI=1S/C12H13FO6S/c1-3-20(15,16)19-11-6-17-12-9(7(2)14)4-8(13)5-10(12)18-11/h4-5,11H,3,6H2,1-2H3/t11-/m1/s1. The van der Waals surface area contributed by atoms with E-state index in [4.69, 9.17) is 13.7 Å². The molecule has 0 saturated heterocycles. The van der Waals surface area contributed by atoms with Crippen molar-refractivity contribution in [2.45, 2.75) is 20.1 Å². The van der Waals surface area contributed by atoms with Crippen molar-refractivity contribution in [3.8, 4) is 11.5 Å². The summed E-state index contributed by atoms with van der Waals surface area (Å²) in [7, 11) is -3.72. The minimum Gasteiger partial charge on any atom is -0.482 e. The monoisotopic (exact) mass is 304 g/mol. The molecule has 0 fully saturated rings. The normalized spacial score (nSPS) is 17.9. The van der Waals surface area contributed by atoms with E-state index in [1.165, 1.54) is 13.8 Å². The Kier molecular flexibility index (Phi) is 3.96. The molecule has 0 spiro atoms. The zero-order valence-electron chi connectivity index (χ0n) is 10.9. The Morgan fingerprint density at radius 3 is 2.80 bits per heavy atom. The molecule has 0 aliphatic carbocycles. The Balaban J connectivity index is 2.29. The van der Waals surface area contributed by atoms with Crippen LogP contribution in [0.3, 0.4) is 0 Å². The summed E-state index contributed by atoms with van der Waals surface area (Å²) < 4.78 is 51.3. The second-order valence-corrected chi connectivity index (χ2v) is 6.02. The molecule has 1 atom stereocenters. The molecule has 1 aliphatic rings. The molecule has 1 aromatic carbocycles. The molecule has 6 nitrogen and oxygen atoms in total. The highest BCUT2D eigenvalue weighted by Crippen LogP contribution is 2.36. The molecule has 1 heterocycles. The van der Waals surface area contributed by atoms with Gasteiger partial charge in [0.2, 0.25) is 0 Å². The van der Waals surface area contributed by atoms with Crippen molar-refractivity contribution in [3.05, 3.63) is 23.5 Å². The first-order valence-corrected chi connectivity index (χ1v) is 7.45. The Bertz CT molecular complexity index is 640. The van der Waals surface area contributed by atoms with Crippen molar-refractivity contribution in [1.29, 1.82) is 0 Å². The number of ketones is 1. The van der Waals surface area contributed by atoms with Crippen LogP contribution in [0.5, 0.6) is 11.5 Å². The van der Waals surface area contributed by atoms with Gasteiger partial charge in [-0.2, -0.15) is 8.42 Å². The smallest absolute Gasteiger partial charge is 0.270 e. The van der Waals surface area contributed by atoms with Gasteiger partial charge in [-0.1, -0.05) is 0 Å². The second-order valence-electron chi connectivity index (χ2n) is 4.14. The van der Waals surface area contributed by atoms with E-state index in [0.29, 0.717) is 0 Å². The van der Waals surface area contributed by atoms with Gasteiger partial charge in [-0.05, 0) is 19.9 Å². The van der Waals surface area contributed by atoms with Gasteiger partial charge in [0.15, 0.2) is 23.9 Å². The Morgan fingerprint density at radius 2 is 2.20 bits per heavy atom. The lowest BCUT2D eigenvalue weighted by atomic mass is 10.1.